The second-order valence-corrected chi connectivity index (χ2v) is 6.48. The summed E-state index contributed by atoms with van der Waals surface area (Å²) in [7, 11) is 0. The number of nitrogens with zero attached hydrogens (tertiary/aromatic N) is 1. The molecule has 1 aromatic heterocycles. The minimum Gasteiger partial charge on any atom is -0.463 e. The van der Waals surface area contributed by atoms with E-state index in [4.69, 9.17) is 4.42 Å². The molecule has 0 radical (unpaired) electrons. The highest BCUT2D eigenvalue weighted by Crippen LogP contribution is 2.29. The zero-order valence-corrected chi connectivity index (χ0v) is 15.0. The van der Waals surface area contributed by atoms with Crippen LogP contribution in [0, 0.1) is 37.8 Å². The van der Waals surface area contributed by atoms with E-state index >= 15 is 0 Å². The first kappa shape index (κ1) is 18.7. The third-order valence-electron chi connectivity index (χ3n) is 4.21. The molecule has 7 heteroatoms. The Morgan fingerprint density at radius 2 is 1.92 bits per heavy atom. The summed E-state index contributed by atoms with van der Waals surface area (Å²) in [6, 6.07) is 4.99. The van der Waals surface area contributed by atoms with Gasteiger partial charge in [0, 0.05) is 11.1 Å². The number of carbonyl (C=O) groups is 1. The number of aliphatic hydroxyl groups is 1. The maximum Gasteiger partial charge on any atom is 0.275 e. The average molecular weight is 346 g/mol. The van der Waals surface area contributed by atoms with Crippen LogP contribution in [0.3, 0.4) is 0 Å². The molecule has 2 aromatic rings. The molecule has 1 unspecified atom stereocenters. The molecule has 0 aliphatic heterocycles. The average Bonchev–Trinajstić information content (AvgIpc) is 2.91. The molecule has 0 fully saturated rings. The van der Waals surface area contributed by atoms with Crippen LogP contribution >= 0.6 is 0 Å². The lowest BCUT2D eigenvalue weighted by Crippen LogP contribution is -2.39. The smallest absolute Gasteiger partial charge is 0.275 e. The van der Waals surface area contributed by atoms with Gasteiger partial charge in [-0.05, 0) is 58.4 Å². The van der Waals surface area contributed by atoms with E-state index in [-0.39, 0.29) is 17.8 Å². The summed E-state index contributed by atoms with van der Waals surface area (Å²) in [6.45, 7) is 8.14. The number of amides is 1. The summed E-state index contributed by atoms with van der Waals surface area (Å²) in [5.41, 5.74) is 0.269. The third kappa shape index (κ3) is 3.71. The molecule has 2 N–H and O–H groups in total. The van der Waals surface area contributed by atoms with E-state index in [0.29, 0.717) is 28.2 Å². The number of nitro groups is 1. The Kier molecular flexibility index (Phi) is 4.99. The number of nitrogens with one attached hydrogen (secondary N) is 1. The highest BCUT2D eigenvalue weighted by atomic mass is 16.6. The number of benzene rings is 1. The molecular weight excluding hydrogens is 324 g/mol. The van der Waals surface area contributed by atoms with Crippen LogP contribution in [0.1, 0.15) is 45.5 Å². The number of hydrogen-bond acceptors (Lipinski definition) is 5. The van der Waals surface area contributed by atoms with Crippen molar-refractivity contribution in [3.05, 3.63) is 62.1 Å². The predicted molar refractivity (Wildman–Crippen MR) is 92.7 cm³/mol. The van der Waals surface area contributed by atoms with Gasteiger partial charge < -0.3 is 14.8 Å². The Morgan fingerprint density at radius 3 is 2.44 bits per heavy atom. The van der Waals surface area contributed by atoms with Gasteiger partial charge in [-0.1, -0.05) is 0 Å². The van der Waals surface area contributed by atoms with Crippen molar-refractivity contribution in [2.45, 2.75) is 40.2 Å². The first-order valence-electron chi connectivity index (χ1n) is 7.87. The topological polar surface area (TPSA) is 106 Å². The minimum atomic E-state index is -1.39. The minimum absolute atomic E-state index is 0.0656. The van der Waals surface area contributed by atoms with Crippen molar-refractivity contribution < 1.29 is 19.2 Å². The van der Waals surface area contributed by atoms with Crippen LogP contribution in [-0.2, 0) is 5.60 Å². The lowest BCUT2D eigenvalue weighted by molar-refractivity contribution is -0.386. The summed E-state index contributed by atoms with van der Waals surface area (Å²) >= 11 is 0. The summed E-state index contributed by atoms with van der Waals surface area (Å²) in [4.78, 5) is 23.4. The van der Waals surface area contributed by atoms with E-state index in [1.54, 1.807) is 45.9 Å². The Hall–Kier alpha value is -2.67. The van der Waals surface area contributed by atoms with Gasteiger partial charge in [0.2, 0.25) is 0 Å². The Bertz CT molecular complexity index is 836. The Labute approximate surface area is 145 Å². The molecule has 1 heterocycles. The molecule has 0 aliphatic carbocycles. The molecule has 0 saturated heterocycles. The molecule has 0 spiro atoms. The summed E-state index contributed by atoms with van der Waals surface area (Å²) in [5.74, 6) is 0.526. The molecule has 0 saturated carbocycles. The standard InChI is InChI=1S/C18H22N2O5/c1-10-8-11(2)16(20(23)24)13(4)15(10)17(21)19-9-18(5,22)14-7-6-12(3)25-14/h6-8,22H,9H2,1-5H3,(H,19,21). The lowest BCUT2D eigenvalue weighted by atomic mass is 9.96. The van der Waals surface area contributed by atoms with Gasteiger partial charge in [0.1, 0.15) is 17.1 Å². The van der Waals surface area contributed by atoms with Crippen molar-refractivity contribution in [3.63, 3.8) is 0 Å². The van der Waals surface area contributed by atoms with Crippen LogP contribution in [0.4, 0.5) is 5.69 Å². The van der Waals surface area contributed by atoms with Crippen molar-refractivity contribution in [2.75, 3.05) is 6.54 Å². The maximum atomic E-state index is 12.6. The molecule has 1 aromatic carbocycles. The molecule has 0 aliphatic rings. The van der Waals surface area contributed by atoms with Gasteiger partial charge in [0.05, 0.1) is 17.0 Å². The number of hydrogen-bond donors (Lipinski definition) is 2. The van der Waals surface area contributed by atoms with Gasteiger partial charge in [0.25, 0.3) is 11.6 Å². The molecule has 0 bridgehead atoms. The lowest BCUT2D eigenvalue weighted by Gasteiger charge is -2.22. The molecule has 2 rings (SSSR count). The SMILES string of the molecule is Cc1ccc(C(C)(O)CNC(=O)c2c(C)cc(C)c([N+](=O)[O-])c2C)o1. The second-order valence-electron chi connectivity index (χ2n) is 6.48. The van der Waals surface area contributed by atoms with E-state index in [2.05, 4.69) is 5.32 Å². The van der Waals surface area contributed by atoms with Gasteiger partial charge in [-0.15, -0.1) is 0 Å². The highest BCUT2D eigenvalue weighted by Gasteiger charge is 2.29. The number of carbonyl (C=O) groups excluding carboxylic acids is 1. The van der Waals surface area contributed by atoms with Crippen LogP contribution in [0.5, 0.6) is 0 Å². The van der Waals surface area contributed by atoms with Crippen LogP contribution < -0.4 is 5.32 Å². The van der Waals surface area contributed by atoms with Crippen molar-refractivity contribution in [2.24, 2.45) is 0 Å². The first-order chi connectivity index (χ1) is 11.5. The van der Waals surface area contributed by atoms with E-state index in [0.717, 1.165) is 0 Å². The fourth-order valence-corrected chi connectivity index (χ4v) is 2.96. The van der Waals surface area contributed by atoms with E-state index in [1.807, 2.05) is 0 Å². The number of rotatable bonds is 5. The fourth-order valence-electron chi connectivity index (χ4n) is 2.96. The van der Waals surface area contributed by atoms with Gasteiger partial charge in [0.15, 0.2) is 0 Å². The molecule has 7 nitrogen and oxygen atoms in total. The van der Waals surface area contributed by atoms with Crippen LogP contribution in [0.15, 0.2) is 22.6 Å². The number of aryl methyl sites for hydroxylation is 3. The number of furan rings is 1. The Morgan fingerprint density at radius 1 is 1.28 bits per heavy atom. The van der Waals surface area contributed by atoms with Crippen LogP contribution in [-0.4, -0.2) is 22.5 Å². The third-order valence-corrected chi connectivity index (χ3v) is 4.21. The Balaban J connectivity index is 2.27. The van der Waals surface area contributed by atoms with Crippen molar-refractivity contribution >= 4 is 11.6 Å². The van der Waals surface area contributed by atoms with Crippen LogP contribution in [0.2, 0.25) is 0 Å². The molecule has 134 valence electrons. The molecule has 1 atom stereocenters. The van der Waals surface area contributed by atoms with Crippen molar-refractivity contribution in [3.8, 4) is 0 Å². The zero-order chi connectivity index (χ0) is 18.9. The highest BCUT2D eigenvalue weighted by molar-refractivity contribution is 5.98. The number of nitro benzene ring substituents is 1. The molecule has 1 amide bonds. The van der Waals surface area contributed by atoms with E-state index < -0.39 is 16.4 Å². The van der Waals surface area contributed by atoms with E-state index in [1.165, 1.54) is 6.92 Å². The van der Waals surface area contributed by atoms with Crippen molar-refractivity contribution in [1.82, 2.24) is 5.32 Å². The van der Waals surface area contributed by atoms with Gasteiger partial charge in [-0.3, -0.25) is 14.9 Å². The monoisotopic (exact) mass is 346 g/mol. The predicted octanol–water partition coefficient (Wildman–Crippen LogP) is 3.06. The van der Waals surface area contributed by atoms with Crippen molar-refractivity contribution in [1.29, 1.82) is 0 Å². The summed E-state index contributed by atoms with van der Waals surface area (Å²) in [6.07, 6.45) is 0. The van der Waals surface area contributed by atoms with Gasteiger partial charge in [-0.2, -0.15) is 0 Å². The summed E-state index contributed by atoms with van der Waals surface area (Å²) < 4.78 is 5.41. The molecular formula is C18H22N2O5. The maximum absolute atomic E-state index is 12.6. The van der Waals surface area contributed by atoms with Gasteiger partial charge in [-0.25, -0.2) is 0 Å². The van der Waals surface area contributed by atoms with Gasteiger partial charge >= 0.3 is 0 Å². The quantitative estimate of drug-likeness (QED) is 0.639. The summed E-state index contributed by atoms with van der Waals surface area (Å²) in [5, 5.41) is 24.4. The van der Waals surface area contributed by atoms with E-state index in [9.17, 15) is 20.0 Å². The molecule has 25 heavy (non-hydrogen) atoms. The normalized spacial score (nSPS) is 13.4. The fraction of sp³-hybridized carbons (Fsp3) is 0.389. The first-order valence-corrected chi connectivity index (χ1v) is 7.87. The second kappa shape index (κ2) is 6.68. The largest absolute Gasteiger partial charge is 0.463 e. The van der Waals surface area contributed by atoms with Crippen LogP contribution in [0.25, 0.3) is 0 Å². The zero-order valence-electron chi connectivity index (χ0n) is 15.0.